The van der Waals surface area contributed by atoms with Crippen molar-refractivity contribution in [3.8, 4) is 6.01 Å². The molecule has 5 heteroatoms. The highest BCUT2D eigenvalue weighted by Gasteiger charge is 2.25. The molecule has 0 amide bonds. The van der Waals surface area contributed by atoms with Crippen molar-refractivity contribution in [3.05, 3.63) is 48.5 Å². The van der Waals surface area contributed by atoms with Gasteiger partial charge in [0, 0.05) is 23.5 Å². The summed E-state index contributed by atoms with van der Waals surface area (Å²) >= 11 is 0. The van der Waals surface area contributed by atoms with Gasteiger partial charge in [-0.1, -0.05) is 30.5 Å². The molecule has 0 radical (unpaired) electrons. The number of hydrogen-bond donors (Lipinski definition) is 1. The van der Waals surface area contributed by atoms with Crippen LogP contribution in [0.15, 0.2) is 53.4 Å². The summed E-state index contributed by atoms with van der Waals surface area (Å²) in [6.45, 7) is 6.28. The number of nitrogens with zero attached hydrogens (tertiary/aromatic N) is 2. The van der Waals surface area contributed by atoms with Gasteiger partial charge < -0.3 is 14.6 Å². The average Bonchev–Trinajstić information content (AvgIpc) is 3.30. The molecule has 1 aliphatic heterocycles. The summed E-state index contributed by atoms with van der Waals surface area (Å²) in [4.78, 5) is 11.7. The second kappa shape index (κ2) is 7.54. The third-order valence-corrected chi connectivity index (χ3v) is 6.93. The Bertz CT molecular complexity index is 919. The number of imidazole rings is 1. The molecule has 2 heterocycles. The van der Waals surface area contributed by atoms with Crippen LogP contribution in [-0.4, -0.2) is 40.3 Å². The number of ether oxygens (including phenoxy) is 1. The van der Waals surface area contributed by atoms with Gasteiger partial charge in [-0.2, -0.15) is 15.5 Å². The van der Waals surface area contributed by atoms with Gasteiger partial charge in [-0.3, -0.25) is 0 Å². The van der Waals surface area contributed by atoms with Gasteiger partial charge in [-0.15, -0.1) is 0 Å². The molecular formula is C21H25N3OS. The van der Waals surface area contributed by atoms with Crippen LogP contribution in [0, 0.1) is 0 Å². The fraction of sp³-hybridized carbons (Fsp3) is 0.333. The van der Waals surface area contributed by atoms with Gasteiger partial charge in [0.25, 0.3) is 6.01 Å². The van der Waals surface area contributed by atoms with E-state index in [-0.39, 0.29) is 16.6 Å². The van der Waals surface area contributed by atoms with E-state index in [1.165, 1.54) is 10.6 Å². The first kappa shape index (κ1) is 17.2. The number of aromatic amines is 1. The van der Waals surface area contributed by atoms with E-state index in [4.69, 9.17) is 4.74 Å². The van der Waals surface area contributed by atoms with Gasteiger partial charge in [0.05, 0.1) is 17.6 Å². The normalized spacial score (nSPS) is 18.5. The topological polar surface area (TPSA) is 41.1 Å². The van der Waals surface area contributed by atoms with E-state index in [0.29, 0.717) is 6.01 Å². The molecule has 3 aromatic rings. The van der Waals surface area contributed by atoms with Crippen LogP contribution in [0.3, 0.4) is 0 Å². The molecule has 1 unspecified atom stereocenters. The van der Waals surface area contributed by atoms with Crippen LogP contribution < -0.4 is 9.64 Å². The molecule has 0 spiro atoms. The Morgan fingerprint density at radius 1 is 1.27 bits per heavy atom. The number of rotatable bonds is 5. The maximum absolute atomic E-state index is 6.15. The highest BCUT2D eigenvalue weighted by atomic mass is 32.2. The minimum Gasteiger partial charge on any atom is -0.460 e. The van der Waals surface area contributed by atoms with Crippen LogP contribution in [0.4, 0.5) is 5.69 Å². The highest BCUT2D eigenvalue weighted by molar-refractivity contribution is 8.15. The molecule has 1 fully saturated rings. The fourth-order valence-corrected chi connectivity index (χ4v) is 4.96. The van der Waals surface area contributed by atoms with E-state index >= 15 is 0 Å². The summed E-state index contributed by atoms with van der Waals surface area (Å²) in [7, 11) is 0.201. The zero-order valence-electron chi connectivity index (χ0n) is 15.3. The summed E-state index contributed by atoms with van der Waals surface area (Å²) in [5.41, 5.74) is 3.29. The van der Waals surface area contributed by atoms with Crippen LogP contribution >= 0.6 is 10.5 Å². The molecule has 0 saturated carbocycles. The number of hydrogen-bond acceptors (Lipinski definition) is 3. The second-order valence-corrected chi connectivity index (χ2v) is 8.86. The zero-order chi connectivity index (χ0) is 17.9. The van der Waals surface area contributed by atoms with Crippen molar-refractivity contribution < 1.29 is 4.74 Å². The quantitative estimate of drug-likeness (QED) is 0.665. The largest absolute Gasteiger partial charge is 0.460 e. The number of para-hydroxylation sites is 1. The molecule has 1 N–H and O–H groups in total. The molecule has 1 aliphatic rings. The first-order valence-electron chi connectivity index (χ1n) is 9.22. The van der Waals surface area contributed by atoms with Crippen LogP contribution in [0.1, 0.15) is 20.3 Å². The van der Waals surface area contributed by atoms with Gasteiger partial charge in [0.2, 0.25) is 0 Å². The number of nitrogens with one attached hydrogen (secondary N) is 1. The number of aromatic nitrogens is 2. The molecule has 1 saturated heterocycles. The van der Waals surface area contributed by atoms with Crippen LogP contribution in [-0.2, 0) is 0 Å². The minimum absolute atomic E-state index is 0.171. The number of anilines is 1. The molecule has 26 heavy (non-hydrogen) atoms. The molecule has 4 rings (SSSR count). The lowest BCUT2D eigenvalue weighted by Crippen LogP contribution is -2.24. The maximum atomic E-state index is 6.15. The van der Waals surface area contributed by atoms with Gasteiger partial charge >= 0.3 is 0 Å². The van der Waals surface area contributed by atoms with Gasteiger partial charge in [-0.05, 0) is 43.0 Å². The second-order valence-electron chi connectivity index (χ2n) is 6.48. The van der Waals surface area contributed by atoms with Crippen molar-refractivity contribution in [2.45, 2.75) is 31.3 Å². The van der Waals surface area contributed by atoms with Gasteiger partial charge in [0.1, 0.15) is 6.10 Å². The molecule has 136 valence electrons. The molecule has 4 nitrogen and oxygen atoms in total. The van der Waals surface area contributed by atoms with E-state index in [0.717, 1.165) is 36.3 Å². The van der Waals surface area contributed by atoms with E-state index in [2.05, 4.69) is 82.6 Å². The highest BCUT2D eigenvalue weighted by Crippen LogP contribution is 2.29. The lowest BCUT2D eigenvalue weighted by Gasteiger charge is -2.18. The van der Waals surface area contributed by atoms with E-state index in [9.17, 15) is 0 Å². The van der Waals surface area contributed by atoms with Crippen molar-refractivity contribution in [1.82, 2.24) is 9.97 Å². The Morgan fingerprint density at radius 3 is 2.88 bits per heavy atom. The van der Waals surface area contributed by atoms with E-state index < -0.39 is 0 Å². The summed E-state index contributed by atoms with van der Waals surface area (Å²) in [5.74, 6) is 1.14. The first-order valence-corrected chi connectivity index (χ1v) is 10.7. The van der Waals surface area contributed by atoms with Crippen molar-refractivity contribution in [2.24, 2.45) is 0 Å². The Labute approximate surface area is 157 Å². The minimum atomic E-state index is 0.171. The Kier molecular flexibility index (Phi) is 4.98. The van der Waals surface area contributed by atoms with Gasteiger partial charge in [0.15, 0.2) is 0 Å². The Morgan fingerprint density at radius 2 is 2.12 bits per heavy atom. The van der Waals surface area contributed by atoms with E-state index in [1.54, 1.807) is 0 Å². The first-order chi connectivity index (χ1) is 12.8. The van der Waals surface area contributed by atoms with Crippen LogP contribution in [0.25, 0.3) is 11.0 Å². The summed E-state index contributed by atoms with van der Waals surface area (Å²) in [6.07, 6.45) is 1.19. The molecule has 1 aromatic heterocycles. The number of fused-ring (bicyclic) bond motifs is 1. The Balaban J connectivity index is 1.48. The fourth-order valence-electron chi connectivity index (χ4n) is 3.51. The lowest BCUT2D eigenvalue weighted by atomic mass is 10.3. The number of H-pyrrole nitrogens is 1. The summed E-state index contributed by atoms with van der Waals surface area (Å²) < 4.78 is 6.15. The third kappa shape index (κ3) is 3.49. The van der Waals surface area contributed by atoms with Crippen molar-refractivity contribution in [2.75, 3.05) is 23.7 Å². The smallest absolute Gasteiger partial charge is 0.294 e. The monoisotopic (exact) mass is 367 g/mol. The molecule has 0 bridgehead atoms. The van der Waals surface area contributed by atoms with Gasteiger partial charge in [-0.25, -0.2) is 0 Å². The third-order valence-electron chi connectivity index (χ3n) is 4.87. The van der Waals surface area contributed by atoms with Crippen molar-refractivity contribution >= 4 is 32.6 Å². The van der Waals surface area contributed by atoms with E-state index in [1.807, 2.05) is 0 Å². The SMILES string of the molecule is C/C=S(/CC)c1ccc2nc(O[C@@H]3CCN(c4ccccc4)C3)[nH]c2c1. The lowest BCUT2D eigenvalue weighted by molar-refractivity contribution is 0.209. The van der Waals surface area contributed by atoms with Crippen molar-refractivity contribution in [1.29, 1.82) is 0 Å². The molecule has 0 aliphatic carbocycles. The standard InChI is InChI=1S/C21H25N3OS/c1-3-26(4-2)18-10-11-19-20(14-18)23-21(22-19)25-17-12-13-24(15-17)16-8-6-5-7-9-16/h3,5-11,14,17H,4,12-13,15H2,1-2H3,(H,22,23)/t17-,26?/m1/s1. The average molecular weight is 368 g/mol. The Hall–Kier alpha value is -2.27. The zero-order valence-corrected chi connectivity index (χ0v) is 16.1. The van der Waals surface area contributed by atoms with Crippen molar-refractivity contribution in [3.63, 3.8) is 0 Å². The summed E-state index contributed by atoms with van der Waals surface area (Å²) in [5, 5.41) is 2.28. The maximum Gasteiger partial charge on any atom is 0.294 e. The molecule has 2 atom stereocenters. The van der Waals surface area contributed by atoms with Crippen LogP contribution in [0.2, 0.25) is 0 Å². The predicted molar refractivity (Wildman–Crippen MR) is 112 cm³/mol. The molecular weight excluding hydrogens is 342 g/mol. The molecule has 2 aromatic carbocycles. The summed E-state index contributed by atoms with van der Waals surface area (Å²) in [6, 6.07) is 17.7. The predicted octanol–water partition coefficient (Wildman–Crippen LogP) is 4.69. The van der Waals surface area contributed by atoms with Crippen LogP contribution in [0.5, 0.6) is 6.01 Å². The number of benzene rings is 2.